The van der Waals surface area contributed by atoms with E-state index in [4.69, 9.17) is 5.11 Å². The second-order valence-corrected chi connectivity index (χ2v) is 1.87. The first-order valence-corrected chi connectivity index (χ1v) is 2.93. The Morgan fingerprint density at radius 3 is 2.83 bits per heavy atom. The van der Waals surface area contributed by atoms with Crippen LogP contribution >= 0.6 is 0 Å². The van der Waals surface area contributed by atoms with E-state index in [1.165, 1.54) is 0 Å². The number of hydrogen-bond donors (Lipinski definition) is 1. The molecule has 0 fully saturated rings. The molecule has 0 saturated heterocycles. The fourth-order valence-corrected chi connectivity index (χ4v) is 0.632. The molecule has 64 valence electrons. The van der Waals surface area contributed by atoms with E-state index in [0.29, 0.717) is 0 Å². The highest BCUT2D eigenvalue weighted by molar-refractivity contribution is 5.99. The number of methoxy groups -OCH3 is 1. The lowest BCUT2D eigenvalue weighted by Gasteiger charge is -1.92. The first-order valence-electron chi connectivity index (χ1n) is 2.93. The summed E-state index contributed by atoms with van der Waals surface area (Å²) >= 11 is 0. The lowest BCUT2D eigenvalue weighted by Crippen LogP contribution is -2.06. The molecule has 0 bridgehead atoms. The quantitative estimate of drug-likeness (QED) is 0.637. The van der Waals surface area contributed by atoms with Crippen LogP contribution < -0.4 is 0 Å². The van der Waals surface area contributed by atoms with Crippen LogP contribution in [0, 0.1) is 0 Å². The summed E-state index contributed by atoms with van der Waals surface area (Å²) in [6, 6.07) is 0. The zero-order valence-corrected chi connectivity index (χ0v) is 6.10. The Labute approximate surface area is 66.7 Å². The van der Waals surface area contributed by atoms with Crippen LogP contribution in [0.25, 0.3) is 0 Å². The van der Waals surface area contributed by atoms with Crippen molar-refractivity contribution in [3.8, 4) is 0 Å². The van der Waals surface area contributed by atoms with Crippen molar-refractivity contribution in [1.82, 2.24) is 5.16 Å². The summed E-state index contributed by atoms with van der Waals surface area (Å²) in [5.41, 5.74) is -0.304. The van der Waals surface area contributed by atoms with Gasteiger partial charge in [0.05, 0.1) is 13.3 Å². The Bertz CT molecular complexity index is 315. The zero-order chi connectivity index (χ0) is 9.14. The molecular weight excluding hydrogens is 166 g/mol. The molecule has 0 aliphatic rings. The van der Waals surface area contributed by atoms with Gasteiger partial charge in [-0.3, -0.25) is 0 Å². The highest BCUT2D eigenvalue weighted by atomic mass is 16.5. The number of carboxylic acids is 1. The van der Waals surface area contributed by atoms with E-state index in [1.54, 1.807) is 0 Å². The van der Waals surface area contributed by atoms with Crippen molar-refractivity contribution in [3.63, 3.8) is 0 Å². The van der Waals surface area contributed by atoms with Crippen LogP contribution in [0.3, 0.4) is 0 Å². The predicted molar refractivity (Wildman–Crippen MR) is 34.8 cm³/mol. The number of carboxylic acid groups (broad SMARTS) is 1. The van der Waals surface area contributed by atoms with Crippen molar-refractivity contribution in [2.24, 2.45) is 0 Å². The fourth-order valence-electron chi connectivity index (χ4n) is 0.632. The van der Waals surface area contributed by atoms with Gasteiger partial charge in [0.25, 0.3) is 5.76 Å². The van der Waals surface area contributed by atoms with Crippen molar-refractivity contribution in [3.05, 3.63) is 17.5 Å². The van der Waals surface area contributed by atoms with Crippen molar-refractivity contribution in [2.75, 3.05) is 7.11 Å². The minimum absolute atomic E-state index is 0.304. The topological polar surface area (TPSA) is 89.6 Å². The summed E-state index contributed by atoms with van der Waals surface area (Å²) in [5.74, 6) is -2.54. The van der Waals surface area contributed by atoms with E-state index in [2.05, 4.69) is 14.4 Å². The second-order valence-electron chi connectivity index (χ2n) is 1.87. The van der Waals surface area contributed by atoms with Gasteiger partial charge in [0.2, 0.25) is 0 Å². The van der Waals surface area contributed by atoms with E-state index in [0.717, 1.165) is 13.3 Å². The van der Waals surface area contributed by atoms with Crippen LogP contribution in [0.1, 0.15) is 20.9 Å². The molecule has 1 aromatic heterocycles. The summed E-state index contributed by atoms with van der Waals surface area (Å²) < 4.78 is 8.62. The molecule has 0 saturated carbocycles. The van der Waals surface area contributed by atoms with Gasteiger partial charge in [0.1, 0.15) is 5.56 Å². The third kappa shape index (κ3) is 1.26. The van der Waals surface area contributed by atoms with Gasteiger partial charge in [0, 0.05) is 0 Å². The van der Waals surface area contributed by atoms with E-state index < -0.39 is 17.7 Å². The molecule has 0 aliphatic carbocycles. The molecular formula is C6H5NO5. The normalized spacial score (nSPS) is 9.42. The maximum absolute atomic E-state index is 10.8. The molecule has 0 unspecified atom stereocenters. The molecule has 1 aromatic rings. The molecule has 1 rings (SSSR count). The van der Waals surface area contributed by atoms with Crippen LogP contribution in [0.4, 0.5) is 0 Å². The summed E-state index contributed by atoms with van der Waals surface area (Å²) in [6.45, 7) is 0. The Morgan fingerprint density at radius 1 is 1.67 bits per heavy atom. The minimum Gasteiger partial charge on any atom is -0.477 e. The molecule has 12 heavy (non-hydrogen) atoms. The van der Waals surface area contributed by atoms with Crippen molar-refractivity contribution in [2.45, 2.75) is 0 Å². The number of esters is 1. The molecule has 0 amide bonds. The standard InChI is InChI=1S/C6H5NO5/c1-11-6(10)4-3(5(8)9)2-7-12-4/h2H,1H3,(H,8,9). The number of rotatable bonds is 2. The van der Waals surface area contributed by atoms with E-state index in [1.807, 2.05) is 0 Å². The highest BCUT2D eigenvalue weighted by Gasteiger charge is 2.22. The molecule has 0 spiro atoms. The van der Waals surface area contributed by atoms with Gasteiger partial charge in [-0.1, -0.05) is 5.16 Å². The molecule has 0 aromatic carbocycles. The van der Waals surface area contributed by atoms with Gasteiger partial charge in [-0.05, 0) is 0 Å². The average Bonchev–Trinajstić information content (AvgIpc) is 2.50. The third-order valence-corrected chi connectivity index (χ3v) is 1.17. The van der Waals surface area contributed by atoms with Crippen LogP contribution in [-0.2, 0) is 4.74 Å². The van der Waals surface area contributed by atoms with Crippen molar-refractivity contribution >= 4 is 11.9 Å². The van der Waals surface area contributed by atoms with Crippen LogP contribution in [0.15, 0.2) is 10.7 Å². The summed E-state index contributed by atoms with van der Waals surface area (Å²) in [6.07, 6.45) is 0.939. The number of ether oxygens (including phenoxy) is 1. The van der Waals surface area contributed by atoms with Gasteiger partial charge in [0.15, 0.2) is 0 Å². The maximum Gasteiger partial charge on any atom is 0.377 e. The second kappa shape index (κ2) is 3.04. The summed E-state index contributed by atoms with van der Waals surface area (Å²) in [4.78, 5) is 21.2. The monoisotopic (exact) mass is 171 g/mol. The Hall–Kier alpha value is -1.85. The maximum atomic E-state index is 10.8. The Kier molecular flexibility index (Phi) is 2.09. The molecule has 1 N–H and O–H groups in total. The number of carbonyl (C=O) groups is 2. The van der Waals surface area contributed by atoms with E-state index in [9.17, 15) is 9.59 Å². The van der Waals surface area contributed by atoms with Crippen molar-refractivity contribution < 1.29 is 24.0 Å². The minimum atomic E-state index is -1.28. The van der Waals surface area contributed by atoms with Gasteiger partial charge < -0.3 is 14.4 Å². The number of aromatic nitrogens is 1. The highest BCUT2D eigenvalue weighted by Crippen LogP contribution is 2.08. The van der Waals surface area contributed by atoms with Gasteiger partial charge >= 0.3 is 11.9 Å². The molecule has 0 radical (unpaired) electrons. The van der Waals surface area contributed by atoms with Gasteiger partial charge in [-0.15, -0.1) is 0 Å². The smallest absolute Gasteiger partial charge is 0.377 e. The molecule has 6 heteroatoms. The van der Waals surface area contributed by atoms with Gasteiger partial charge in [-0.2, -0.15) is 0 Å². The zero-order valence-electron chi connectivity index (χ0n) is 6.10. The summed E-state index contributed by atoms with van der Waals surface area (Å²) in [5, 5.41) is 11.6. The lowest BCUT2D eigenvalue weighted by atomic mass is 10.3. The molecule has 6 nitrogen and oxygen atoms in total. The SMILES string of the molecule is COC(=O)c1oncc1C(=O)O. The number of nitrogens with zero attached hydrogens (tertiary/aromatic N) is 1. The fraction of sp³-hybridized carbons (Fsp3) is 0.167. The number of aromatic carboxylic acids is 1. The number of hydrogen-bond acceptors (Lipinski definition) is 5. The summed E-state index contributed by atoms with van der Waals surface area (Å²) in [7, 11) is 1.12. The van der Waals surface area contributed by atoms with Crippen LogP contribution in [0.2, 0.25) is 0 Å². The molecule has 1 heterocycles. The Balaban J connectivity index is 3.07. The van der Waals surface area contributed by atoms with E-state index >= 15 is 0 Å². The lowest BCUT2D eigenvalue weighted by molar-refractivity contribution is 0.0538. The Morgan fingerprint density at radius 2 is 2.33 bits per heavy atom. The number of carbonyl (C=O) groups excluding carboxylic acids is 1. The first kappa shape index (κ1) is 8.25. The third-order valence-electron chi connectivity index (χ3n) is 1.17. The first-order chi connectivity index (χ1) is 5.66. The largest absolute Gasteiger partial charge is 0.477 e. The van der Waals surface area contributed by atoms with Gasteiger partial charge in [-0.25, -0.2) is 9.59 Å². The average molecular weight is 171 g/mol. The van der Waals surface area contributed by atoms with E-state index in [-0.39, 0.29) is 5.56 Å². The van der Waals surface area contributed by atoms with Crippen LogP contribution in [0.5, 0.6) is 0 Å². The van der Waals surface area contributed by atoms with Crippen molar-refractivity contribution in [1.29, 1.82) is 0 Å². The van der Waals surface area contributed by atoms with Crippen LogP contribution in [-0.4, -0.2) is 29.3 Å². The molecule has 0 aliphatic heterocycles. The molecule has 0 atom stereocenters. The predicted octanol–water partition coefficient (Wildman–Crippen LogP) is 0.159.